The van der Waals surface area contributed by atoms with Crippen LogP contribution in [0.1, 0.15) is 19.3 Å². The summed E-state index contributed by atoms with van der Waals surface area (Å²) < 4.78 is 0. The van der Waals surface area contributed by atoms with E-state index in [0.717, 1.165) is 18.7 Å². The molecule has 0 aromatic rings. The zero-order chi connectivity index (χ0) is 13.3. The van der Waals surface area contributed by atoms with E-state index in [1.165, 1.54) is 38.3 Å². The Bertz CT molecular complexity index is 242. The predicted molar refractivity (Wildman–Crippen MR) is 77.2 cm³/mol. The second-order valence-electron chi connectivity index (χ2n) is 4.92. The van der Waals surface area contributed by atoms with Gasteiger partial charge in [0, 0.05) is 12.5 Å². The molecule has 0 aromatic carbocycles. The zero-order valence-electron chi connectivity index (χ0n) is 11.6. The van der Waals surface area contributed by atoms with Crippen molar-refractivity contribution in [3.05, 3.63) is 63.2 Å². The molecular formula is C17H21FeNO+2. The summed E-state index contributed by atoms with van der Waals surface area (Å²) in [5.41, 5.74) is 0. The van der Waals surface area contributed by atoms with Gasteiger partial charge in [0.05, 0.1) is 5.92 Å². The fourth-order valence-electron chi connectivity index (χ4n) is 2.41. The Balaban J connectivity index is 0.000000283. The Morgan fingerprint density at radius 2 is 1.50 bits per heavy atom. The largest absolute Gasteiger partial charge is 2.00 e. The van der Waals surface area contributed by atoms with Crippen molar-refractivity contribution >= 4 is 6.29 Å². The van der Waals surface area contributed by atoms with Crippen molar-refractivity contribution in [3.63, 3.8) is 0 Å². The Morgan fingerprint density at radius 3 is 2.05 bits per heavy atom. The van der Waals surface area contributed by atoms with Crippen LogP contribution in [0.5, 0.6) is 0 Å². The van der Waals surface area contributed by atoms with Crippen LogP contribution in [0.15, 0.2) is 0 Å². The van der Waals surface area contributed by atoms with Gasteiger partial charge in [0.25, 0.3) is 0 Å². The first-order valence-corrected chi connectivity index (χ1v) is 6.99. The number of nitrogens with zero attached hydrogens (tertiary/aromatic N) is 1. The van der Waals surface area contributed by atoms with Crippen molar-refractivity contribution in [2.24, 2.45) is 0 Å². The molecule has 0 N–H and O–H groups in total. The molecule has 2 aliphatic carbocycles. The third-order valence-electron chi connectivity index (χ3n) is 3.47. The van der Waals surface area contributed by atoms with Gasteiger partial charge in [-0.25, -0.2) is 0 Å². The van der Waals surface area contributed by atoms with E-state index in [2.05, 4.69) is 11.3 Å². The molecule has 3 rings (SSSR count). The van der Waals surface area contributed by atoms with Gasteiger partial charge < -0.3 is 9.69 Å². The maximum absolute atomic E-state index is 10.7. The summed E-state index contributed by atoms with van der Waals surface area (Å²) in [6, 6.07) is 0. The molecule has 1 heterocycles. The normalized spacial score (nSPS) is 24.8. The third kappa shape index (κ3) is 6.28. The average molecular weight is 311 g/mol. The molecule has 3 fully saturated rings. The number of likely N-dealkylation sites (tertiary alicyclic amines) is 1. The van der Waals surface area contributed by atoms with Crippen molar-refractivity contribution in [1.29, 1.82) is 0 Å². The molecule has 0 aromatic heterocycles. The summed E-state index contributed by atoms with van der Waals surface area (Å²) in [5.74, 6) is 2.04. The van der Waals surface area contributed by atoms with Crippen LogP contribution in [0.4, 0.5) is 0 Å². The van der Waals surface area contributed by atoms with Gasteiger partial charge in [-0.15, -0.1) is 0 Å². The molecular weight excluding hydrogens is 290 g/mol. The van der Waals surface area contributed by atoms with Gasteiger partial charge in [-0.3, -0.25) is 0 Å². The minimum atomic E-state index is 0. The van der Waals surface area contributed by atoms with Gasteiger partial charge in [-0.05, 0) is 77.3 Å². The van der Waals surface area contributed by atoms with E-state index in [9.17, 15) is 4.79 Å². The van der Waals surface area contributed by atoms with Crippen molar-refractivity contribution in [2.75, 3.05) is 19.6 Å². The standard InChI is InChI=1S/C12H16NO.C5H5.Fe/c14-10-12-6-4-5-11(12)9-13-7-2-1-3-8-13;1-2-4-5-3-1;/h4-6,10H,1-3,7-9H2;1-5H;/q;;+2. The number of piperidine rings is 1. The smallest absolute Gasteiger partial charge is 0.303 e. The van der Waals surface area contributed by atoms with Crippen LogP contribution < -0.4 is 0 Å². The topological polar surface area (TPSA) is 20.3 Å². The summed E-state index contributed by atoms with van der Waals surface area (Å²) in [4.78, 5) is 13.1. The molecule has 3 heteroatoms. The van der Waals surface area contributed by atoms with Crippen molar-refractivity contribution in [3.8, 4) is 0 Å². The number of carbonyl (C=O) groups is 1. The molecule has 3 aliphatic rings. The first-order valence-electron chi connectivity index (χ1n) is 6.99. The van der Waals surface area contributed by atoms with E-state index in [4.69, 9.17) is 0 Å². The Morgan fingerprint density at radius 1 is 0.900 bits per heavy atom. The van der Waals surface area contributed by atoms with Crippen LogP contribution in [-0.2, 0) is 21.9 Å². The van der Waals surface area contributed by atoms with E-state index in [0.29, 0.717) is 0 Å². The molecule has 106 valence electrons. The summed E-state index contributed by atoms with van der Waals surface area (Å²) in [6.45, 7) is 3.31. The van der Waals surface area contributed by atoms with E-state index in [-0.39, 0.29) is 17.1 Å². The molecule has 0 unspecified atom stereocenters. The molecule has 2 nitrogen and oxygen atoms in total. The van der Waals surface area contributed by atoms with Crippen molar-refractivity contribution < 1.29 is 21.9 Å². The molecule has 1 aliphatic heterocycles. The number of hydrogen-bond acceptors (Lipinski definition) is 2. The second kappa shape index (κ2) is 10.8. The molecule has 0 atom stereocenters. The van der Waals surface area contributed by atoms with Crippen LogP contribution in [0.3, 0.4) is 0 Å². The van der Waals surface area contributed by atoms with Gasteiger partial charge in [-0.2, -0.15) is 0 Å². The summed E-state index contributed by atoms with van der Waals surface area (Å²) in [6.07, 6.45) is 20.8. The maximum Gasteiger partial charge on any atom is 2.00 e. The average Bonchev–Trinajstić information content (AvgIpc) is 3.14. The maximum atomic E-state index is 10.7. The summed E-state index contributed by atoms with van der Waals surface area (Å²) >= 11 is 0. The molecule has 2 saturated carbocycles. The monoisotopic (exact) mass is 311 g/mol. The van der Waals surface area contributed by atoms with Gasteiger partial charge in [0.2, 0.25) is 0 Å². The number of rotatable bonds is 3. The number of hydrogen-bond donors (Lipinski definition) is 0. The van der Waals surface area contributed by atoms with Gasteiger partial charge in [-0.1, -0.05) is 6.42 Å². The van der Waals surface area contributed by atoms with Gasteiger partial charge >= 0.3 is 17.1 Å². The summed E-state index contributed by atoms with van der Waals surface area (Å²) in [5, 5.41) is 0. The van der Waals surface area contributed by atoms with Gasteiger partial charge in [0.15, 0.2) is 0 Å². The van der Waals surface area contributed by atoms with Crippen LogP contribution in [0, 0.1) is 63.2 Å². The van der Waals surface area contributed by atoms with Crippen molar-refractivity contribution in [1.82, 2.24) is 4.90 Å². The Hall–Kier alpha value is 0.149. The van der Waals surface area contributed by atoms with E-state index < -0.39 is 0 Å². The van der Waals surface area contributed by atoms with E-state index in [1.807, 2.05) is 44.9 Å². The van der Waals surface area contributed by atoms with Gasteiger partial charge in [0.1, 0.15) is 6.29 Å². The fourth-order valence-corrected chi connectivity index (χ4v) is 2.41. The molecule has 0 spiro atoms. The first kappa shape index (κ1) is 18.2. The predicted octanol–water partition coefficient (Wildman–Crippen LogP) is 2.47. The van der Waals surface area contributed by atoms with Crippen LogP contribution >= 0.6 is 0 Å². The second-order valence-corrected chi connectivity index (χ2v) is 4.92. The number of aldehydes is 1. The summed E-state index contributed by atoms with van der Waals surface area (Å²) in [7, 11) is 0. The quantitative estimate of drug-likeness (QED) is 0.589. The molecule has 10 radical (unpaired) electrons. The van der Waals surface area contributed by atoms with Crippen LogP contribution in [0.2, 0.25) is 0 Å². The van der Waals surface area contributed by atoms with Crippen LogP contribution in [-0.4, -0.2) is 30.8 Å². The minimum absolute atomic E-state index is 0. The molecule has 20 heavy (non-hydrogen) atoms. The first-order chi connectivity index (χ1) is 9.40. The zero-order valence-corrected chi connectivity index (χ0v) is 12.8. The Labute approximate surface area is 135 Å². The van der Waals surface area contributed by atoms with Crippen molar-refractivity contribution in [2.45, 2.75) is 19.3 Å². The van der Waals surface area contributed by atoms with E-state index >= 15 is 0 Å². The SMILES string of the molecule is O=C[C]1[CH][CH][CH][C]1CN1CCCCC1.[CH]1[CH][CH][CH][CH]1.[Fe+2]. The van der Waals surface area contributed by atoms with Crippen LogP contribution in [0.25, 0.3) is 0 Å². The number of carbonyl (C=O) groups excluding carboxylic acids is 1. The minimum Gasteiger partial charge on any atom is -0.303 e. The molecule has 0 bridgehead atoms. The fraction of sp³-hybridized carbons (Fsp3) is 0.353. The van der Waals surface area contributed by atoms with E-state index in [1.54, 1.807) is 0 Å². The molecule has 0 amide bonds. The Kier molecular flexibility index (Phi) is 9.84. The molecule has 1 saturated heterocycles. The third-order valence-corrected chi connectivity index (χ3v) is 3.47.